The van der Waals surface area contributed by atoms with Gasteiger partial charge in [0, 0.05) is 4.70 Å². The van der Waals surface area contributed by atoms with Gasteiger partial charge in [-0.15, -0.1) is 11.3 Å². The Hall–Kier alpha value is -1.84. The summed E-state index contributed by atoms with van der Waals surface area (Å²) in [6, 6.07) is 16.3. The molecule has 1 heterocycles. The fourth-order valence-corrected chi connectivity index (χ4v) is 3.35. The summed E-state index contributed by atoms with van der Waals surface area (Å²) in [7, 11) is 0. The predicted molar refractivity (Wildman–Crippen MR) is 85.5 cm³/mol. The summed E-state index contributed by atoms with van der Waals surface area (Å²) >= 11 is 1.74. The van der Waals surface area contributed by atoms with Gasteiger partial charge in [0.1, 0.15) is 5.75 Å². The smallest absolute Gasteiger partial charge is 0.119 e. The third-order valence-electron chi connectivity index (χ3n) is 3.40. The van der Waals surface area contributed by atoms with Crippen LogP contribution in [-0.2, 0) is 0 Å². The summed E-state index contributed by atoms with van der Waals surface area (Å²) in [6.07, 6.45) is 0. The van der Waals surface area contributed by atoms with E-state index in [0.29, 0.717) is 6.61 Å². The van der Waals surface area contributed by atoms with Gasteiger partial charge in [0.15, 0.2) is 0 Å². The molecular formula is C17H17NOS. The van der Waals surface area contributed by atoms with Gasteiger partial charge in [-0.3, -0.25) is 0 Å². The Balaban J connectivity index is 1.93. The number of ether oxygens (including phenoxy) is 1. The van der Waals surface area contributed by atoms with Crippen molar-refractivity contribution in [2.45, 2.75) is 13.0 Å². The first-order valence-electron chi connectivity index (χ1n) is 6.74. The molecule has 0 radical (unpaired) electrons. The van der Waals surface area contributed by atoms with E-state index in [9.17, 15) is 0 Å². The van der Waals surface area contributed by atoms with Crippen molar-refractivity contribution in [2.24, 2.45) is 5.73 Å². The molecule has 0 saturated carbocycles. The number of hydrogen-bond acceptors (Lipinski definition) is 3. The maximum absolute atomic E-state index is 6.42. The van der Waals surface area contributed by atoms with Gasteiger partial charge < -0.3 is 10.5 Å². The Labute approximate surface area is 122 Å². The number of nitrogens with two attached hydrogens (primary N) is 1. The van der Waals surface area contributed by atoms with Crippen LogP contribution in [0.5, 0.6) is 5.75 Å². The minimum Gasteiger partial charge on any atom is -0.494 e. The molecule has 3 rings (SSSR count). The van der Waals surface area contributed by atoms with Crippen LogP contribution in [0, 0.1) is 0 Å². The first-order chi connectivity index (χ1) is 9.79. The van der Waals surface area contributed by atoms with Gasteiger partial charge in [0.05, 0.1) is 12.6 Å². The van der Waals surface area contributed by atoms with Crippen LogP contribution in [0.3, 0.4) is 0 Å². The molecule has 2 nitrogen and oxygen atoms in total. The molecule has 2 aromatic carbocycles. The van der Waals surface area contributed by atoms with Crippen molar-refractivity contribution < 1.29 is 4.74 Å². The van der Waals surface area contributed by atoms with Crippen molar-refractivity contribution in [2.75, 3.05) is 6.61 Å². The third-order valence-corrected chi connectivity index (χ3v) is 4.38. The van der Waals surface area contributed by atoms with Crippen LogP contribution in [0.15, 0.2) is 53.9 Å². The summed E-state index contributed by atoms with van der Waals surface area (Å²) in [5.41, 5.74) is 8.71. The molecule has 0 spiro atoms. The highest BCUT2D eigenvalue weighted by Crippen LogP contribution is 2.32. The number of fused-ring (bicyclic) bond motifs is 1. The van der Waals surface area contributed by atoms with E-state index in [-0.39, 0.29) is 6.04 Å². The second-order valence-electron chi connectivity index (χ2n) is 4.67. The van der Waals surface area contributed by atoms with Crippen LogP contribution in [-0.4, -0.2) is 6.61 Å². The summed E-state index contributed by atoms with van der Waals surface area (Å²) in [5, 5.41) is 3.41. The molecule has 3 heteroatoms. The van der Waals surface area contributed by atoms with E-state index in [1.54, 1.807) is 11.3 Å². The van der Waals surface area contributed by atoms with Crippen molar-refractivity contribution in [3.63, 3.8) is 0 Å². The highest BCUT2D eigenvalue weighted by molar-refractivity contribution is 7.17. The lowest BCUT2D eigenvalue weighted by Gasteiger charge is -2.12. The quantitative estimate of drug-likeness (QED) is 0.772. The van der Waals surface area contributed by atoms with Gasteiger partial charge in [0.25, 0.3) is 0 Å². The first kappa shape index (κ1) is 13.2. The highest BCUT2D eigenvalue weighted by atomic mass is 32.1. The maximum atomic E-state index is 6.42. The standard InChI is InChI=1S/C17H17NOS/c1-2-19-13-9-7-12(8-10-13)17(18)15-11-20-16-6-4-3-5-14(15)16/h3-11,17H,2,18H2,1H3. The monoisotopic (exact) mass is 283 g/mol. The highest BCUT2D eigenvalue weighted by Gasteiger charge is 2.13. The molecule has 0 aliphatic heterocycles. The fourth-order valence-electron chi connectivity index (χ4n) is 2.36. The molecule has 3 aromatic rings. The Morgan fingerprint density at radius 3 is 2.60 bits per heavy atom. The second-order valence-corrected chi connectivity index (χ2v) is 5.58. The fraction of sp³-hybridized carbons (Fsp3) is 0.176. The summed E-state index contributed by atoms with van der Waals surface area (Å²) in [5.74, 6) is 0.888. The van der Waals surface area contributed by atoms with Crippen LogP contribution in [0.25, 0.3) is 10.1 Å². The van der Waals surface area contributed by atoms with E-state index in [1.165, 1.54) is 15.6 Å². The van der Waals surface area contributed by atoms with Crippen LogP contribution in [0.2, 0.25) is 0 Å². The van der Waals surface area contributed by atoms with Crippen LogP contribution in [0.4, 0.5) is 0 Å². The molecular weight excluding hydrogens is 266 g/mol. The number of thiophene rings is 1. The molecule has 0 fully saturated rings. The van der Waals surface area contributed by atoms with Crippen LogP contribution >= 0.6 is 11.3 Å². The molecule has 2 N–H and O–H groups in total. The van der Waals surface area contributed by atoms with Gasteiger partial charge in [-0.05, 0) is 47.0 Å². The maximum Gasteiger partial charge on any atom is 0.119 e. The minimum atomic E-state index is -0.0955. The molecule has 1 atom stereocenters. The van der Waals surface area contributed by atoms with Crippen LogP contribution in [0.1, 0.15) is 24.1 Å². The van der Waals surface area contributed by atoms with Gasteiger partial charge >= 0.3 is 0 Å². The Morgan fingerprint density at radius 1 is 1.10 bits per heavy atom. The Morgan fingerprint density at radius 2 is 1.85 bits per heavy atom. The Kier molecular flexibility index (Phi) is 3.72. The molecule has 0 saturated heterocycles. The number of benzene rings is 2. The van der Waals surface area contributed by atoms with E-state index in [0.717, 1.165) is 11.3 Å². The lowest BCUT2D eigenvalue weighted by molar-refractivity contribution is 0.340. The number of rotatable bonds is 4. The molecule has 102 valence electrons. The zero-order valence-corrected chi connectivity index (χ0v) is 12.2. The Bertz CT molecular complexity index is 702. The average molecular weight is 283 g/mol. The van der Waals surface area contributed by atoms with E-state index >= 15 is 0 Å². The van der Waals surface area contributed by atoms with E-state index in [1.807, 2.05) is 31.2 Å². The normalized spacial score (nSPS) is 12.5. The van der Waals surface area contributed by atoms with Gasteiger partial charge in [0.2, 0.25) is 0 Å². The van der Waals surface area contributed by atoms with Crippen molar-refractivity contribution >= 4 is 21.4 Å². The van der Waals surface area contributed by atoms with E-state index in [2.05, 4.69) is 29.6 Å². The van der Waals surface area contributed by atoms with E-state index in [4.69, 9.17) is 10.5 Å². The molecule has 0 aliphatic rings. The largest absolute Gasteiger partial charge is 0.494 e. The minimum absolute atomic E-state index is 0.0955. The molecule has 0 amide bonds. The van der Waals surface area contributed by atoms with Gasteiger partial charge in [-0.2, -0.15) is 0 Å². The molecule has 1 aromatic heterocycles. The lowest BCUT2D eigenvalue weighted by atomic mass is 9.99. The molecule has 1 unspecified atom stereocenters. The van der Waals surface area contributed by atoms with Crippen LogP contribution < -0.4 is 10.5 Å². The summed E-state index contributed by atoms with van der Waals surface area (Å²) in [4.78, 5) is 0. The predicted octanol–water partition coefficient (Wildman–Crippen LogP) is 4.35. The molecule has 0 aliphatic carbocycles. The summed E-state index contributed by atoms with van der Waals surface area (Å²) in [6.45, 7) is 2.66. The van der Waals surface area contributed by atoms with Crippen molar-refractivity contribution in [1.29, 1.82) is 0 Å². The van der Waals surface area contributed by atoms with Crippen molar-refractivity contribution in [1.82, 2.24) is 0 Å². The van der Waals surface area contributed by atoms with Gasteiger partial charge in [-0.1, -0.05) is 30.3 Å². The lowest BCUT2D eigenvalue weighted by Crippen LogP contribution is -2.11. The SMILES string of the molecule is CCOc1ccc(C(N)c2csc3ccccc23)cc1. The zero-order chi connectivity index (χ0) is 13.9. The topological polar surface area (TPSA) is 35.2 Å². The molecule has 20 heavy (non-hydrogen) atoms. The second kappa shape index (κ2) is 5.65. The van der Waals surface area contributed by atoms with E-state index < -0.39 is 0 Å². The number of hydrogen-bond donors (Lipinski definition) is 1. The third kappa shape index (κ3) is 2.42. The zero-order valence-electron chi connectivity index (χ0n) is 11.4. The summed E-state index contributed by atoms with van der Waals surface area (Å²) < 4.78 is 6.74. The van der Waals surface area contributed by atoms with Crippen molar-refractivity contribution in [3.8, 4) is 5.75 Å². The van der Waals surface area contributed by atoms with Gasteiger partial charge in [-0.25, -0.2) is 0 Å². The average Bonchev–Trinajstić information content (AvgIpc) is 2.92. The first-order valence-corrected chi connectivity index (χ1v) is 7.62. The van der Waals surface area contributed by atoms with Crippen molar-refractivity contribution in [3.05, 3.63) is 65.0 Å². The molecule has 0 bridgehead atoms.